The predicted molar refractivity (Wildman–Crippen MR) is 180 cm³/mol. The lowest BCUT2D eigenvalue weighted by Crippen LogP contribution is -2.48. The van der Waals surface area contributed by atoms with Crippen molar-refractivity contribution in [1.82, 2.24) is 14.5 Å². The van der Waals surface area contributed by atoms with E-state index in [9.17, 15) is 22.8 Å². The molecule has 9 nitrogen and oxygen atoms in total. The van der Waals surface area contributed by atoms with Crippen LogP contribution in [0.3, 0.4) is 0 Å². The molecule has 1 fully saturated rings. The molecule has 0 unspecified atom stereocenters. The van der Waals surface area contributed by atoms with Gasteiger partial charge in [0, 0.05) is 55.9 Å². The first kappa shape index (κ1) is 33.6. The zero-order chi connectivity index (χ0) is 34.5. The predicted octanol–water partition coefficient (Wildman–Crippen LogP) is 7.23. The molecule has 6 rings (SSSR count). The molecule has 0 spiro atoms. The van der Waals surface area contributed by atoms with Gasteiger partial charge in [0.25, 0.3) is 11.8 Å². The lowest BCUT2D eigenvalue weighted by Gasteiger charge is -2.36. The molecule has 2 aromatic heterocycles. The van der Waals surface area contributed by atoms with Crippen LogP contribution in [0.4, 0.5) is 24.5 Å². The first-order valence-corrected chi connectivity index (χ1v) is 16.3. The Balaban J connectivity index is 1.23. The average Bonchev–Trinajstić information content (AvgIpc) is 3.74. The van der Waals surface area contributed by atoms with E-state index in [1.807, 2.05) is 28.8 Å². The van der Waals surface area contributed by atoms with Crippen molar-refractivity contribution in [3.05, 3.63) is 129 Å². The number of nitrogens with zero attached hydrogens (tertiary/aromatic N) is 6. The van der Waals surface area contributed by atoms with Gasteiger partial charge in [-0.1, -0.05) is 29.8 Å². The van der Waals surface area contributed by atoms with Crippen LogP contribution < -0.4 is 14.5 Å². The molecule has 1 saturated heterocycles. The molecule has 0 aliphatic carbocycles. The summed E-state index contributed by atoms with van der Waals surface area (Å²) in [7, 11) is 0. The number of carbonyl (C=O) groups is 2. The molecule has 49 heavy (non-hydrogen) atoms. The summed E-state index contributed by atoms with van der Waals surface area (Å²) in [5.41, 5.74) is 3.55. The van der Waals surface area contributed by atoms with Gasteiger partial charge in [-0.05, 0) is 72.3 Å². The van der Waals surface area contributed by atoms with Crippen LogP contribution in [-0.2, 0) is 13.1 Å². The van der Waals surface area contributed by atoms with Crippen LogP contribution in [0.2, 0.25) is 4.34 Å². The van der Waals surface area contributed by atoms with Gasteiger partial charge in [0.15, 0.2) is 0 Å². The standard InChI is InChI=1S/C35H28ClF3N6O3S/c36-32-13-12-31(49-32)34(47)43-16-14-42(15-17-43)27-8-10-28(11-9-27)45(33(46)26-2-1-3-30(18-26)48-35(37,38)39)22-29-20-41-23-44(29)21-25-6-4-24(19-40)5-7-25/h1-13,18,20,23H,14-17,21-22H2. The molecule has 0 atom stereocenters. The minimum atomic E-state index is -4.91. The number of nitriles is 1. The third kappa shape index (κ3) is 8.22. The Bertz CT molecular complexity index is 1980. The van der Waals surface area contributed by atoms with E-state index in [0.29, 0.717) is 58.9 Å². The first-order valence-electron chi connectivity index (χ1n) is 15.1. The Kier molecular flexibility index (Phi) is 9.89. The van der Waals surface area contributed by atoms with Crippen LogP contribution in [0, 0.1) is 11.3 Å². The van der Waals surface area contributed by atoms with E-state index in [4.69, 9.17) is 16.9 Å². The number of anilines is 2. The number of hydrogen-bond acceptors (Lipinski definition) is 7. The Morgan fingerprint density at radius 3 is 2.37 bits per heavy atom. The normalized spacial score (nSPS) is 13.2. The fourth-order valence-electron chi connectivity index (χ4n) is 5.52. The third-order valence-corrected chi connectivity index (χ3v) is 9.21. The number of thiophene rings is 1. The number of amides is 2. The van der Waals surface area contributed by atoms with E-state index in [-0.39, 0.29) is 18.0 Å². The van der Waals surface area contributed by atoms with Crippen molar-refractivity contribution in [2.24, 2.45) is 0 Å². The van der Waals surface area contributed by atoms with Crippen LogP contribution in [0.15, 0.2) is 97.5 Å². The summed E-state index contributed by atoms with van der Waals surface area (Å²) >= 11 is 7.26. The number of hydrogen-bond donors (Lipinski definition) is 0. The number of halogens is 4. The monoisotopic (exact) mass is 704 g/mol. The fourth-order valence-corrected chi connectivity index (χ4v) is 6.54. The summed E-state index contributed by atoms with van der Waals surface area (Å²) in [6.45, 7) is 2.75. The summed E-state index contributed by atoms with van der Waals surface area (Å²) in [5, 5.41) is 9.13. The van der Waals surface area contributed by atoms with Crippen LogP contribution in [0.25, 0.3) is 0 Å². The highest BCUT2D eigenvalue weighted by Gasteiger charge is 2.32. The molecule has 3 heterocycles. The van der Waals surface area contributed by atoms with Crippen molar-refractivity contribution in [2.75, 3.05) is 36.0 Å². The maximum absolute atomic E-state index is 14.0. The van der Waals surface area contributed by atoms with E-state index < -0.39 is 18.0 Å². The summed E-state index contributed by atoms with van der Waals surface area (Å²) in [6.07, 6.45) is -1.65. The summed E-state index contributed by atoms with van der Waals surface area (Å²) in [5.74, 6) is -1.09. The van der Waals surface area contributed by atoms with Gasteiger partial charge in [-0.15, -0.1) is 24.5 Å². The van der Waals surface area contributed by atoms with Crippen molar-refractivity contribution in [1.29, 1.82) is 5.26 Å². The van der Waals surface area contributed by atoms with Gasteiger partial charge >= 0.3 is 6.36 Å². The van der Waals surface area contributed by atoms with Gasteiger partial charge in [0.05, 0.1) is 39.4 Å². The minimum Gasteiger partial charge on any atom is -0.406 e. The van der Waals surface area contributed by atoms with Crippen molar-refractivity contribution >= 4 is 46.1 Å². The van der Waals surface area contributed by atoms with Gasteiger partial charge in [0.1, 0.15) is 5.75 Å². The molecule has 1 aliphatic rings. The molecule has 1 aliphatic heterocycles. The van der Waals surface area contributed by atoms with E-state index in [1.54, 1.807) is 53.8 Å². The molecule has 5 aromatic rings. The van der Waals surface area contributed by atoms with Gasteiger partial charge in [-0.3, -0.25) is 9.59 Å². The lowest BCUT2D eigenvalue weighted by molar-refractivity contribution is -0.274. The quantitative estimate of drug-likeness (QED) is 0.161. The van der Waals surface area contributed by atoms with Crippen molar-refractivity contribution in [2.45, 2.75) is 19.5 Å². The van der Waals surface area contributed by atoms with Gasteiger partial charge in [0.2, 0.25) is 0 Å². The average molecular weight is 705 g/mol. The van der Waals surface area contributed by atoms with Crippen molar-refractivity contribution < 1.29 is 27.5 Å². The van der Waals surface area contributed by atoms with E-state index in [1.165, 1.54) is 28.4 Å². The molecule has 0 bridgehead atoms. The molecular formula is C35H28ClF3N6O3S. The summed E-state index contributed by atoms with van der Waals surface area (Å²) < 4.78 is 45.4. The first-order chi connectivity index (χ1) is 23.6. The number of alkyl halides is 3. The van der Waals surface area contributed by atoms with Crippen LogP contribution >= 0.6 is 22.9 Å². The largest absolute Gasteiger partial charge is 0.573 e. The number of benzene rings is 3. The molecule has 14 heteroatoms. The number of ether oxygens (including phenoxy) is 1. The van der Waals surface area contributed by atoms with Crippen LogP contribution in [0.5, 0.6) is 5.75 Å². The highest BCUT2D eigenvalue weighted by molar-refractivity contribution is 7.17. The summed E-state index contributed by atoms with van der Waals surface area (Å²) in [4.78, 5) is 37.2. The summed E-state index contributed by atoms with van der Waals surface area (Å²) in [6, 6.07) is 25.0. The SMILES string of the molecule is N#Cc1ccc(Cn2cncc2CN(C(=O)c2cccc(OC(F)(F)F)c2)c2ccc(N3CCN(C(=O)c4ccc(Cl)s4)CC3)cc2)cc1. The maximum Gasteiger partial charge on any atom is 0.573 e. The number of rotatable bonds is 9. The Morgan fingerprint density at radius 2 is 1.71 bits per heavy atom. The second-order valence-corrected chi connectivity index (χ2v) is 12.9. The Hall–Kier alpha value is -5.32. The topological polar surface area (TPSA) is 94.7 Å². The van der Waals surface area contributed by atoms with Gasteiger partial charge in [-0.25, -0.2) is 4.98 Å². The molecule has 250 valence electrons. The van der Waals surface area contributed by atoms with Crippen molar-refractivity contribution in [3.63, 3.8) is 0 Å². The maximum atomic E-state index is 14.0. The second kappa shape index (κ2) is 14.4. The van der Waals surface area contributed by atoms with E-state index in [2.05, 4.69) is 20.7 Å². The molecule has 0 N–H and O–H groups in total. The fraction of sp³-hybridized carbons (Fsp3) is 0.200. The van der Waals surface area contributed by atoms with Gasteiger partial charge < -0.3 is 24.0 Å². The molecule has 2 amide bonds. The third-order valence-electron chi connectivity index (χ3n) is 7.99. The molecule has 0 radical (unpaired) electrons. The smallest absolute Gasteiger partial charge is 0.406 e. The molecule has 0 saturated carbocycles. The number of imidazole rings is 1. The van der Waals surface area contributed by atoms with E-state index in [0.717, 1.165) is 23.4 Å². The number of piperazine rings is 1. The van der Waals surface area contributed by atoms with Crippen LogP contribution in [0.1, 0.15) is 36.9 Å². The highest BCUT2D eigenvalue weighted by Crippen LogP contribution is 2.29. The number of carbonyl (C=O) groups excluding carboxylic acids is 2. The highest BCUT2D eigenvalue weighted by atomic mass is 35.5. The molecule has 3 aromatic carbocycles. The van der Waals surface area contributed by atoms with Gasteiger partial charge in [-0.2, -0.15) is 5.26 Å². The zero-order valence-corrected chi connectivity index (χ0v) is 27.4. The van der Waals surface area contributed by atoms with E-state index >= 15 is 0 Å². The van der Waals surface area contributed by atoms with Crippen LogP contribution in [-0.4, -0.2) is 58.8 Å². The zero-order valence-electron chi connectivity index (χ0n) is 25.8. The second-order valence-electron chi connectivity index (χ2n) is 11.2. The Morgan fingerprint density at radius 1 is 0.980 bits per heavy atom. The Labute approximate surface area is 288 Å². The lowest BCUT2D eigenvalue weighted by atomic mass is 10.1. The van der Waals surface area contributed by atoms with Crippen molar-refractivity contribution in [3.8, 4) is 11.8 Å². The molecular weight excluding hydrogens is 677 g/mol. The number of aromatic nitrogens is 2. The minimum absolute atomic E-state index is 0.0109.